The molecule has 0 bridgehead atoms. The van der Waals surface area contributed by atoms with E-state index in [1.54, 1.807) is 35.2 Å². The molecule has 6 heteroatoms. The third-order valence-corrected chi connectivity index (χ3v) is 4.53. The van der Waals surface area contributed by atoms with Gasteiger partial charge < -0.3 is 9.88 Å². The number of fused-ring (bicyclic) bond motifs is 1. The van der Waals surface area contributed by atoms with E-state index in [1.807, 2.05) is 6.07 Å². The van der Waals surface area contributed by atoms with E-state index in [-0.39, 0.29) is 29.7 Å². The molecule has 1 heterocycles. The molecule has 0 radical (unpaired) electrons. The molecule has 2 aromatic carbocycles. The highest BCUT2D eigenvalue weighted by Crippen LogP contribution is 2.32. The van der Waals surface area contributed by atoms with Crippen molar-refractivity contribution in [2.45, 2.75) is 25.9 Å². The number of nitrogens with one attached hydrogen (secondary N) is 1. The van der Waals surface area contributed by atoms with Crippen molar-refractivity contribution in [1.29, 1.82) is 0 Å². The highest BCUT2D eigenvalue weighted by Gasteiger charge is 2.33. The maximum Gasteiger partial charge on any atom is 0.258 e. The summed E-state index contributed by atoms with van der Waals surface area (Å²) in [5, 5.41) is 0.523. The Balaban J connectivity index is 1.63. The van der Waals surface area contributed by atoms with E-state index in [0.29, 0.717) is 23.3 Å². The molecule has 0 saturated heterocycles. The molecular formula is C20H18FN3O2. The van der Waals surface area contributed by atoms with Crippen LogP contribution in [0.15, 0.2) is 53.3 Å². The van der Waals surface area contributed by atoms with Crippen molar-refractivity contribution in [2.24, 2.45) is 5.92 Å². The van der Waals surface area contributed by atoms with E-state index in [0.717, 1.165) is 18.4 Å². The molecule has 1 fully saturated rings. The Bertz CT molecular complexity index is 1010. The first-order valence-electron chi connectivity index (χ1n) is 8.61. The maximum absolute atomic E-state index is 13.1. The number of para-hydroxylation sites is 1. The Hall–Kier alpha value is -3.02. The van der Waals surface area contributed by atoms with Crippen LogP contribution in [0.2, 0.25) is 0 Å². The second kappa shape index (κ2) is 6.71. The summed E-state index contributed by atoms with van der Waals surface area (Å²) in [6.45, 7) is 0.568. The van der Waals surface area contributed by atoms with Crippen molar-refractivity contribution < 1.29 is 9.18 Å². The molecule has 0 atom stereocenters. The number of benzene rings is 2. The molecule has 0 spiro atoms. The molecule has 26 heavy (non-hydrogen) atoms. The van der Waals surface area contributed by atoms with Crippen LogP contribution in [0.25, 0.3) is 10.9 Å². The minimum atomic E-state index is -0.311. The van der Waals surface area contributed by atoms with E-state index < -0.39 is 0 Å². The molecule has 1 aliphatic rings. The van der Waals surface area contributed by atoms with Crippen LogP contribution in [0.1, 0.15) is 24.2 Å². The van der Waals surface area contributed by atoms with Crippen LogP contribution >= 0.6 is 0 Å². The SMILES string of the molecule is O=C(C1CC1)N(Cc1ccc(F)cc1)Cc1nc2ccccc2c(=O)[nH]1. The van der Waals surface area contributed by atoms with Gasteiger partial charge in [-0.3, -0.25) is 9.59 Å². The van der Waals surface area contributed by atoms with Crippen LogP contribution in [0.3, 0.4) is 0 Å². The van der Waals surface area contributed by atoms with Crippen molar-refractivity contribution in [3.05, 3.63) is 76.1 Å². The van der Waals surface area contributed by atoms with E-state index in [2.05, 4.69) is 9.97 Å². The first-order valence-corrected chi connectivity index (χ1v) is 8.61. The smallest absolute Gasteiger partial charge is 0.258 e. The molecule has 0 aliphatic heterocycles. The summed E-state index contributed by atoms with van der Waals surface area (Å²) < 4.78 is 13.1. The molecule has 132 valence electrons. The number of nitrogens with zero attached hydrogens (tertiary/aromatic N) is 2. The van der Waals surface area contributed by atoms with Gasteiger partial charge in [0.05, 0.1) is 17.4 Å². The second-order valence-electron chi connectivity index (χ2n) is 6.62. The van der Waals surface area contributed by atoms with Crippen LogP contribution in [-0.4, -0.2) is 20.8 Å². The normalized spacial score (nSPS) is 13.7. The molecule has 4 rings (SSSR count). The highest BCUT2D eigenvalue weighted by atomic mass is 19.1. The van der Waals surface area contributed by atoms with Gasteiger partial charge >= 0.3 is 0 Å². The molecule has 1 aliphatic carbocycles. The van der Waals surface area contributed by atoms with Crippen LogP contribution in [0, 0.1) is 11.7 Å². The summed E-state index contributed by atoms with van der Waals surface area (Å²) in [5.74, 6) is 0.229. The van der Waals surface area contributed by atoms with Gasteiger partial charge in [0.15, 0.2) is 0 Å². The van der Waals surface area contributed by atoms with E-state index >= 15 is 0 Å². The minimum Gasteiger partial charge on any atom is -0.331 e. The summed E-state index contributed by atoms with van der Waals surface area (Å²) >= 11 is 0. The van der Waals surface area contributed by atoms with E-state index in [1.165, 1.54) is 12.1 Å². The summed E-state index contributed by atoms with van der Waals surface area (Å²) in [6, 6.07) is 13.2. The van der Waals surface area contributed by atoms with E-state index in [9.17, 15) is 14.0 Å². The molecule has 3 aromatic rings. The van der Waals surface area contributed by atoms with Crippen molar-refractivity contribution in [2.75, 3.05) is 0 Å². The molecule has 0 unspecified atom stereocenters. The molecule has 1 aromatic heterocycles. The third-order valence-electron chi connectivity index (χ3n) is 4.53. The van der Waals surface area contributed by atoms with E-state index in [4.69, 9.17) is 0 Å². The fraction of sp³-hybridized carbons (Fsp3) is 0.250. The lowest BCUT2D eigenvalue weighted by molar-refractivity contribution is -0.133. The number of amides is 1. The van der Waals surface area contributed by atoms with Crippen molar-refractivity contribution in [3.63, 3.8) is 0 Å². The maximum atomic E-state index is 13.1. The topological polar surface area (TPSA) is 66.1 Å². The third kappa shape index (κ3) is 3.49. The summed E-state index contributed by atoms with van der Waals surface area (Å²) in [4.78, 5) is 33.8. The predicted molar refractivity (Wildman–Crippen MR) is 95.7 cm³/mol. The van der Waals surface area contributed by atoms with Gasteiger partial charge in [0.25, 0.3) is 5.56 Å². The second-order valence-corrected chi connectivity index (χ2v) is 6.62. The summed E-state index contributed by atoms with van der Waals surface area (Å²) in [7, 11) is 0. The van der Waals surface area contributed by atoms with Crippen molar-refractivity contribution in [1.82, 2.24) is 14.9 Å². The number of aromatic nitrogens is 2. The zero-order valence-corrected chi connectivity index (χ0v) is 14.1. The number of hydrogen-bond donors (Lipinski definition) is 1. The predicted octanol–water partition coefficient (Wildman–Crippen LogP) is 3.00. The van der Waals surface area contributed by atoms with Crippen LogP contribution < -0.4 is 5.56 Å². The van der Waals surface area contributed by atoms with Gasteiger partial charge in [-0.2, -0.15) is 0 Å². The molecule has 1 N–H and O–H groups in total. The van der Waals surface area contributed by atoms with Gasteiger partial charge in [0.2, 0.25) is 5.91 Å². The number of H-pyrrole nitrogens is 1. The first-order chi connectivity index (χ1) is 12.6. The minimum absolute atomic E-state index is 0.0441. The fourth-order valence-corrected chi connectivity index (χ4v) is 3.00. The average molecular weight is 351 g/mol. The zero-order valence-electron chi connectivity index (χ0n) is 14.1. The number of hydrogen-bond acceptors (Lipinski definition) is 3. The largest absolute Gasteiger partial charge is 0.331 e. The molecule has 5 nitrogen and oxygen atoms in total. The number of carbonyl (C=O) groups excluding carboxylic acids is 1. The quantitative estimate of drug-likeness (QED) is 0.768. The Kier molecular flexibility index (Phi) is 4.24. The Labute approximate surface area is 149 Å². The number of aromatic amines is 1. The molecule has 1 saturated carbocycles. The highest BCUT2D eigenvalue weighted by molar-refractivity contribution is 5.81. The fourth-order valence-electron chi connectivity index (χ4n) is 3.00. The van der Waals surface area contributed by atoms with Gasteiger partial charge in [0.1, 0.15) is 11.6 Å². The Morgan fingerprint density at radius 2 is 1.85 bits per heavy atom. The monoisotopic (exact) mass is 351 g/mol. The lowest BCUT2D eigenvalue weighted by atomic mass is 10.2. The number of carbonyl (C=O) groups is 1. The molecule has 1 amide bonds. The zero-order chi connectivity index (χ0) is 18.1. The van der Waals surface area contributed by atoms with Crippen LogP contribution in [-0.2, 0) is 17.9 Å². The number of halogens is 1. The van der Waals surface area contributed by atoms with Crippen LogP contribution in [0.4, 0.5) is 4.39 Å². The van der Waals surface area contributed by atoms with Gasteiger partial charge in [-0.1, -0.05) is 24.3 Å². The standard InChI is InChI=1S/C20H18FN3O2/c21-15-9-5-13(6-10-15)11-24(20(26)14-7-8-14)12-18-22-17-4-2-1-3-16(17)19(25)23-18/h1-6,9-10,14H,7-8,11-12H2,(H,22,23,25). The van der Waals surface area contributed by atoms with Gasteiger partial charge in [0, 0.05) is 12.5 Å². The van der Waals surface area contributed by atoms with Gasteiger partial charge in [-0.25, -0.2) is 9.37 Å². The molecular weight excluding hydrogens is 333 g/mol. The lowest BCUT2D eigenvalue weighted by Crippen LogP contribution is -2.32. The van der Waals surface area contributed by atoms with Crippen molar-refractivity contribution >= 4 is 16.8 Å². The first kappa shape index (κ1) is 16.4. The van der Waals surface area contributed by atoms with Gasteiger partial charge in [-0.15, -0.1) is 0 Å². The van der Waals surface area contributed by atoms with Crippen LogP contribution in [0.5, 0.6) is 0 Å². The lowest BCUT2D eigenvalue weighted by Gasteiger charge is -2.22. The average Bonchev–Trinajstić information content (AvgIpc) is 3.48. The van der Waals surface area contributed by atoms with Gasteiger partial charge in [-0.05, 0) is 42.7 Å². The Morgan fingerprint density at radius 1 is 1.12 bits per heavy atom. The number of rotatable bonds is 5. The summed E-state index contributed by atoms with van der Waals surface area (Å²) in [5.41, 5.74) is 1.22. The Morgan fingerprint density at radius 3 is 2.58 bits per heavy atom. The summed E-state index contributed by atoms with van der Waals surface area (Å²) in [6.07, 6.45) is 1.78. The van der Waals surface area contributed by atoms with Crippen molar-refractivity contribution in [3.8, 4) is 0 Å².